The second kappa shape index (κ2) is 10.3. The smallest absolute Gasteiger partial charge is 0.270 e. The van der Waals surface area contributed by atoms with Gasteiger partial charge in [0.15, 0.2) is 0 Å². The molecule has 182 valence electrons. The molecular formula is C26H27FN4O2S2. The summed E-state index contributed by atoms with van der Waals surface area (Å²) >= 11 is 6.69. The van der Waals surface area contributed by atoms with E-state index in [0.717, 1.165) is 37.3 Å². The van der Waals surface area contributed by atoms with Crippen LogP contribution in [-0.2, 0) is 17.9 Å². The fraction of sp³-hybridized carbons (Fsp3) is 0.385. The van der Waals surface area contributed by atoms with E-state index < -0.39 is 0 Å². The average Bonchev–Trinajstić information content (AvgIpc) is 3.10. The Kier molecular flexibility index (Phi) is 7.43. The van der Waals surface area contributed by atoms with Gasteiger partial charge in [-0.1, -0.05) is 43.0 Å². The molecule has 0 atom stereocenters. The summed E-state index contributed by atoms with van der Waals surface area (Å²) in [5.74, 6) is 0.784. The van der Waals surface area contributed by atoms with Crippen molar-refractivity contribution in [3.63, 3.8) is 0 Å². The van der Waals surface area contributed by atoms with E-state index in [2.05, 4.69) is 17.9 Å². The van der Waals surface area contributed by atoms with Crippen LogP contribution in [0.4, 0.5) is 10.2 Å². The molecule has 1 amide bonds. The highest BCUT2D eigenvalue weighted by atomic mass is 32.2. The van der Waals surface area contributed by atoms with Crippen LogP contribution in [0.25, 0.3) is 6.08 Å². The number of aromatic nitrogens is 1. The van der Waals surface area contributed by atoms with Gasteiger partial charge in [-0.05, 0) is 61.9 Å². The van der Waals surface area contributed by atoms with Crippen LogP contribution >= 0.6 is 24.0 Å². The number of amides is 1. The Bertz CT molecular complexity index is 1300. The van der Waals surface area contributed by atoms with Gasteiger partial charge in [0.05, 0.1) is 11.4 Å². The lowest BCUT2D eigenvalue weighted by Gasteiger charge is -2.35. The number of anilines is 1. The minimum Gasteiger partial charge on any atom is -0.357 e. The molecular weight excluding hydrogens is 483 g/mol. The van der Waals surface area contributed by atoms with Gasteiger partial charge in [-0.2, -0.15) is 5.26 Å². The lowest BCUT2D eigenvalue weighted by Crippen LogP contribution is -2.39. The van der Waals surface area contributed by atoms with Crippen molar-refractivity contribution in [2.24, 2.45) is 5.92 Å². The standard InChI is InChI=1S/C26H27FN4O2S2/c1-4-30-23(29-11-9-16(2)10-12-29)20(17(3)21(14-28)24(30)32)13-22-25(33)31(26(34)35-22)15-18-5-7-19(27)8-6-18/h5-8,13,16H,4,9-12,15H2,1-3H3. The SMILES string of the molecule is CCn1c(N2CCC(C)CC2)c(C=C2SC(=S)N(Cc3ccc(F)cc3)C2=O)c(C)c(C#N)c1=O. The Labute approximate surface area is 214 Å². The van der Waals surface area contributed by atoms with Crippen LogP contribution in [0.15, 0.2) is 34.0 Å². The van der Waals surface area contributed by atoms with Crippen LogP contribution in [0.1, 0.15) is 48.9 Å². The summed E-state index contributed by atoms with van der Waals surface area (Å²) in [6.45, 7) is 8.15. The van der Waals surface area contributed by atoms with Gasteiger partial charge in [0.25, 0.3) is 11.5 Å². The Morgan fingerprint density at radius 1 is 1.23 bits per heavy atom. The first-order valence-corrected chi connectivity index (χ1v) is 12.9. The van der Waals surface area contributed by atoms with Crippen molar-refractivity contribution in [1.82, 2.24) is 9.47 Å². The van der Waals surface area contributed by atoms with E-state index in [-0.39, 0.29) is 29.4 Å². The van der Waals surface area contributed by atoms with E-state index in [1.54, 1.807) is 29.7 Å². The van der Waals surface area contributed by atoms with Gasteiger partial charge < -0.3 is 4.90 Å². The fourth-order valence-electron chi connectivity index (χ4n) is 4.54. The molecule has 0 unspecified atom stereocenters. The van der Waals surface area contributed by atoms with Crippen molar-refractivity contribution in [1.29, 1.82) is 5.26 Å². The van der Waals surface area contributed by atoms with Crippen molar-refractivity contribution >= 4 is 46.1 Å². The Hall–Kier alpha value is -2.96. The number of carbonyl (C=O) groups excluding carboxylic acids is 1. The zero-order chi connectivity index (χ0) is 25.3. The van der Waals surface area contributed by atoms with Crippen molar-refractivity contribution in [2.45, 2.75) is 46.7 Å². The highest BCUT2D eigenvalue weighted by molar-refractivity contribution is 8.26. The molecule has 2 aliphatic rings. The highest BCUT2D eigenvalue weighted by Gasteiger charge is 2.33. The molecule has 35 heavy (non-hydrogen) atoms. The Morgan fingerprint density at radius 2 is 1.89 bits per heavy atom. The molecule has 0 bridgehead atoms. The third-order valence-corrected chi connectivity index (χ3v) is 8.03. The number of rotatable bonds is 5. The van der Waals surface area contributed by atoms with Crippen molar-refractivity contribution in [2.75, 3.05) is 18.0 Å². The van der Waals surface area contributed by atoms with Gasteiger partial charge in [0, 0.05) is 25.2 Å². The minimum absolute atomic E-state index is 0.0917. The maximum Gasteiger partial charge on any atom is 0.270 e. The molecule has 2 aliphatic heterocycles. The molecule has 6 nitrogen and oxygen atoms in total. The van der Waals surface area contributed by atoms with Gasteiger partial charge in [-0.15, -0.1) is 0 Å². The van der Waals surface area contributed by atoms with Crippen LogP contribution in [0.2, 0.25) is 0 Å². The molecule has 9 heteroatoms. The zero-order valence-corrected chi connectivity index (χ0v) is 21.6. The number of hydrogen-bond donors (Lipinski definition) is 0. The molecule has 4 rings (SSSR count). The van der Waals surface area contributed by atoms with E-state index >= 15 is 0 Å². The largest absolute Gasteiger partial charge is 0.357 e. The van der Waals surface area contributed by atoms with Gasteiger partial charge in [-0.3, -0.25) is 19.1 Å². The second-order valence-electron chi connectivity index (χ2n) is 8.96. The molecule has 3 heterocycles. The average molecular weight is 511 g/mol. The first-order chi connectivity index (χ1) is 16.7. The fourth-order valence-corrected chi connectivity index (χ4v) is 5.78. The minimum atomic E-state index is -0.339. The molecule has 2 fully saturated rings. The van der Waals surface area contributed by atoms with Gasteiger partial charge in [0.1, 0.15) is 27.6 Å². The first-order valence-electron chi connectivity index (χ1n) is 11.7. The molecule has 0 spiro atoms. The molecule has 1 aromatic carbocycles. The number of thioether (sulfide) groups is 1. The zero-order valence-electron chi connectivity index (χ0n) is 20.0. The summed E-state index contributed by atoms with van der Waals surface area (Å²) in [6.07, 6.45) is 3.80. The summed E-state index contributed by atoms with van der Waals surface area (Å²) in [7, 11) is 0. The van der Waals surface area contributed by atoms with Crippen molar-refractivity contribution in [3.8, 4) is 6.07 Å². The number of benzene rings is 1. The maximum absolute atomic E-state index is 13.3. The summed E-state index contributed by atoms with van der Waals surface area (Å²) in [5.41, 5.74) is 1.84. The van der Waals surface area contributed by atoms with Crippen molar-refractivity contribution < 1.29 is 9.18 Å². The van der Waals surface area contributed by atoms with E-state index in [0.29, 0.717) is 32.8 Å². The number of piperidine rings is 1. The van der Waals surface area contributed by atoms with Gasteiger partial charge >= 0.3 is 0 Å². The molecule has 0 saturated carbocycles. The molecule has 0 aliphatic carbocycles. The van der Waals surface area contributed by atoms with E-state index in [1.807, 2.05) is 6.92 Å². The predicted molar refractivity (Wildman–Crippen MR) is 142 cm³/mol. The summed E-state index contributed by atoms with van der Waals surface area (Å²) < 4.78 is 15.4. The Balaban J connectivity index is 1.78. The lowest BCUT2D eigenvalue weighted by atomic mass is 9.97. The topological polar surface area (TPSA) is 69.3 Å². The second-order valence-corrected chi connectivity index (χ2v) is 10.6. The maximum atomic E-state index is 13.3. The summed E-state index contributed by atoms with van der Waals surface area (Å²) in [5, 5.41) is 9.73. The van der Waals surface area contributed by atoms with Gasteiger partial charge in [0.2, 0.25) is 0 Å². The molecule has 0 N–H and O–H groups in total. The van der Waals surface area contributed by atoms with E-state index in [4.69, 9.17) is 12.2 Å². The van der Waals surface area contributed by atoms with Gasteiger partial charge in [-0.25, -0.2) is 4.39 Å². The van der Waals surface area contributed by atoms with Crippen LogP contribution in [-0.4, -0.2) is 32.8 Å². The molecule has 2 saturated heterocycles. The number of nitriles is 1. The summed E-state index contributed by atoms with van der Waals surface area (Å²) in [6, 6.07) is 8.04. The van der Waals surface area contributed by atoms with Crippen LogP contribution in [0.3, 0.4) is 0 Å². The molecule has 1 aromatic heterocycles. The number of halogens is 1. The number of nitrogens with zero attached hydrogens (tertiary/aromatic N) is 4. The van der Waals surface area contributed by atoms with Crippen molar-refractivity contribution in [3.05, 3.63) is 67.6 Å². The first kappa shape index (κ1) is 25.1. The Morgan fingerprint density at radius 3 is 2.49 bits per heavy atom. The third kappa shape index (κ3) is 4.91. The van der Waals surface area contributed by atoms with Crippen LogP contribution in [0, 0.1) is 30.0 Å². The quantitative estimate of drug-likeness (QED) is 0.424. The lowest BCUT2D eigenvalue weighted by molar-refractivity contribution is -0.122. The molecule has 2 aromatic rings. The monoisotopic (exact) mass is 510 g/mol. The third-order valence-electron chi connectivity index (χ3n) is 6.65. The van der Waals surface area contributed by atoms with E-state index in [9.17, 15) is 19.2 Å². The number of thiocarbonyl (C=S) groups is 1. The van der Waals surface area contributed by atoms with E-state index in [1.165, 1.54) is 28.8 Å². The number of pyridine rings is 1. The summed E-state index contributed by atoms with van der Waals surface area (Å²) in [4.78, 5) is 30.6. The number of carbonyl (C=O) groups is 1. The van der Waals surface area contributed by atoms with Crippen LogP contribution < -0.4 is 10.5 Å². The predicted octanol–water partition coefficient (Wildman–Crippen LogP) is 4.83. The molecule has 0 radical (unpaired) electrons. The number of hydrogen-bond acceptors (Lipinski definition) is 6. The normalized spacial score (nSPS) is 18.0. The highest BCUT2D eigenvalue weighted by Crippen LogP contribution is 2.37. The van der Waals surface area contributed by atoms with Crippen LogP contribution in [0.5, 0.6) is 0 Å².